The number of hydrogen-bond acceptors (Lipinski definition) is 6. The van der Waals surface area contributed by atoms with Crippen molar-refractivity contribution >= 4 is 16.6 Å². The number of aliphatic hydroxyl groups excluding tert-OH is 1. The second-order valence-corrected chi connectivity index (χ2v) is 21.5. The molecule has 6 nitrogen and oxygen atoms in total. The van der Waals surface area contributed by atoms with E-state index in [9.17, 15) is 5.11 Å². The SMILES string of the molecule is CC(C)(C)[Si](C)(C)OCC1CN1C1OC(O)C2C(CO[Si](C)(C)C(C)(C)C)N21. The van der Waals surface area contributed by atoms with Gasteiger partial charge < -0.3 is 18.7 Å². The van der Waals surface area contributed by atoms with E-state index in [0.29, 0.717) is 12.6 Å². The Balaban J connectivity index is 1.50. The van der Waals surface area contributed by atoms with E-state index in [0.717, 1.165) is 13.2 Å². The van der Waals surface area contributed by atoms with Crippen LogP contribution in [0.1, 0.15) is 41.5 Å². The Kier molecular flexibility index (Phi) is 5.81. The number of hydrogen-bond donors (Lipinski definition) is 1. The molecular weight excluding hydrogens is 388 g/mol. The second kappa shape index (κ2) is 7.12. The average Bonchev–Trinajstić information content (AvgIpc) is 3.40. The zero-order valence-corrected chi connectivity index (χ0v) is 21.6. The van der Waals surface area contributed by atoms with Crippen LogP contribution in [0, 0.1) is 0 Å². The van der Waals surface area contributed by atoms with Gasteiger partial charge in [-0.1, -0.05) is 41.5 Å². The molecule has 3 saturated heterocycles. The molecule has 3 aliphatic rings. The Labute approximate surface area is 173 Å². The van der Waals surface area contributed by atoms with Gasteiger partial charge in [0.15, 0.2) is 29.3 Å². The van der Waals surface area contributed by atoms with Crippen molar-refractivity contribution in [2.24, 2.45) is 0 Å². The molecule has 0 aliphatic carbocycles. The highest BCUT2D eigenvalue weighted by molar-refractivity contribution is 6.74. The Morgan fingerprint density at radius 3 is 1.93 bits per heavy atom. The minimum Gasteiger partial charge on any atom is -0.415 e. The molecule has 1 N–H and O–H groups in total. The van der Waals surface area contributed by atoms with Crippen LogP contribution in [-0.4, -0.2) is 82.1 Å². The molecule has 8 heteroatoms. The molecule has 3 rings (SSSR count). The summed E-state index contributed by atoms with van der Waals surface area (Å²) >= 11 is 0. The summed E-state index contributed by atoms with van der Waals surface area (Å²) in [5, 5.41) is 10.8. The normalized spacial score (nSPS) is 38.5. The molecule has 0 aromatic rings. The van der Waals surface area contributed by atoms with E-state index in [-0.39, 0.29) is 28.5 Å². The van der Waals surface area contributed by atoms with E-state index in [1.165, 1.54) is 0 Å². The van der Waals surface area contributed by atoms with Gasteiger partial charge >= 0.3 is 0 Å². The maximum Gasteiger partial charge on any atom is 0.192 e. The van der Waals surface area contributed by atoms with Crippen molar-refractivity contribution in [1.82, 2.24) is 9.80 Å². The van der Waals surface area contributed by atoms with E-state index in [1.54, 1.807) is 0 Å². The first-order valence-corrected chi connectivity index (χ1v) is 16.5. The molecule has 7 atom stereocenters. The largest absolute Gasteiger partial charge is 0.415 e. The highest BCUT2D eigenvalue weighted by Gasteiger charge is 2.66. The first-order valence-electron chi connectivity index (χ1n) is 10.7. The van der Waals surface area contributed by atoms with Crippen LogP contribution in [0.25, 0.3) is 0 Å². The first-order chi connectivity index (χ1) is 12.6. The monoisotopic (exact) mass is 430 g/mol. The Bertz CT molecular complexity index is 588. The van der Waals surface area contributed by atoms with Gasteiger partial charge in [-0.3, -0.25) is 4.90 Å². The van der Waals surface area contributed by atoms with Gasteiger partial charge in [0.2, 0.25) is 0 Å². The number of ether oxygens (including phenoxy) is 1. The molecule has 0 bridgehead atoms. The van der Waals surface area contributed by atoms with Gasteiger partial charge in [0.25, 0.3) is 0 Å². The summed E-state index contributed by atoms with van der Waals surface area (Å²) in [6.45, 7) is 25.2. The van der Waals surface area contributed by atoms with Gasteiger partial charge in [-0.15, -0.1) is 0 Å². The van der Waals surface area contributed by atoms with E-state index >= 15 is 0 Å². The molecule has 0 aromatic heterocycles. The lowest BCUT2D eigenvalue weighted by Gasteiger charge is -2.36. The van der Waals surface area contributed by atoms with Crippen LogP contribution < -0.4 is 0 Å². The molecule has 0 amide bonds. The first kappa shape index (κ1) is 22.9. The summed E-state index contributed by atoms with van der Waals surface area (Å²) in [6.07, 6.45) is -0.832. The van der Waals surface area contributed by atoms with Gasteiger partial charge in [-0.25, -0.2) is 4.90 Å². The fourth-order valence-electron chi connectivity index (χ4n) is 3.32. The zero-order valence-electron chi connectivity index (χ0n) is 19.6. The van der Waals surface area contributed by atoms with Crippen LogP contribution in [0.4, 0.5) is 0 Å². The van der Waals surface area contributed by atoms with Crippen molar-refractivity contribution < 1.29 is 18.7 Å². The van der Waals surface area contributed by atoms with Crippen molar-refractivity contribution in [3.8, 4) is 0 Å². The topological polar surface area (TPSA) is 53.9 Å². The molecule has 3 heterocycles. The smallest absolute Gasteiger partial charge is 0.192 e. The molecule has 164 valence electrons. The molecule has 7 unspecified atom stereocenters. The molecule has 0 spiro atoms. The van der Waals surface area contributed by atoms with Gasteiger partial charge in [-0.2, -0.15) is 0 Å². The number of nitrogens with zero attached hydrogens (tertiary/aromatic N) is 2. The fourth-order valence-corrected chi connectivity index (χ4v) is 5.39. The number of aliphatic hydroxyl groups is 1. The fraction of sp³-hybridized carbons (Fsp3) is 1.00. The van der Waals surface area contributed by atoms with Gasteiger partial charge in [-0.05, 0) is 36.3 Å². The Morgan fingerprint density at radius 2 is 1.43 bits per heavy atom. The van der Waals surface area contributed by atoms with Gasteiger partial charge in [0, 0.05) is 12.6 Å². The third kappa shape index (κ3) is 4.30. The summed E-state index contributed by atoms with van der Waals surface area (Å²) < 4.78 is 18.6. The molecule has 3 fully saturated rings. The maximum absolute atomic E-state index is 10.3. The average molecular weight is 431 g/mol. The van der Waals surface area contributed by atoms with Gasteiger partial charge in [0.1, 0.15) is 0 Å². The Morgan fingerprint density at radius 1 is 0.929 bits per heavy atom. The summed E-state index contributed by atoms with van der Waals surface area (Å²) in [5.41, 5.74) is 0. The lowest BCUT2D eigenvalue weighted by Crippen LogP contribution is -2.43. The highest BCUT2D eigenvalue weighted by Crippen LogP contribution is 2.47. The van der Waals surface area contributed by atoms with Crippen molar-refractivity contribution in [3.05, 3.63) is 0 Å². The molecule has 28 heavy (non-hydrogen) atoms. The summed E-state index contributed by atoms with van der Waals surface area (Å²) in [6, 6.07) is 0.746. The van der Waals surface area contributed by atoms with Crippen molar-refractivity contribution in [3.63, 3.8) is 0 Å². The van der Waals surface area contributed by atoms with E-state index in [4.69, 9.17) is 13.6 Å². The maximum atomic E-state index is 10.3. The molecule has 0 radical (unpaired) electrons. The predicted molar refractivity (Wildman–Crippen MR) is 117 cm³/mol. The quantitative estimate of drug-likeness (QED) is 0.493. The van der Waals surface area contributed by atoms with Crippen LogP contribution in [-0.2, 0) is 13.6 Å². The van der Waals surface area contributed by atoms with E-state index in [1.807, 2.05) is 0 Å². The summed E-state index contributed by atoms with van der Waals surface area (Å²) in [7, 11) is -3.50. The van der Waals surface area contributed by atoms with Crippen molar-refractivity contribution in [1.29, 1.82) is 0 Å². The number of fused-ring (bicyclic) bond motifs is 1. The molecule has 0 aromatic carbocycles. The van der Waals surface area contributed by atoms with E-state index < -0.39 is 22.9 Å². The molecule has 3 aliphatic heterocycles. The minimum atomic E-state index is -1.77. The summed E-state index contributed by atoms with van der Waals surface area (Å²) in [5.74, 6) is 0. The summed E-state index contributed by atoms with van der Waals surface area (Å²) in [4.78, 5) is 4.59. The zero-order chi connectivity index (χ0) is 21.3. The standard InChI is InChI=1S/C20H42N2O4Si2/c1-19(2,3)27(7,8)24-12-14-11-21(14)18-22-15(16(22)17(23)26-18)13-25-28(9,10)20(4,5)6/h14-18,23H,11-13H2,1-10H3. The lowest BCUT2D eigenvalue weighted by molar-refractivity contribution is -0.152. The molecule has 0 saturated carbocycles. The van der Waals surface area contributed by atoms with Crippen LogP contribution in [0.3, 0.4) is 0 Å². The van der Waals surface area contributed by atoms with Crippen LogP contribution >= 0.6 is 0 Å². The van der Waals surface area contributed by atoms with Crippen LogP contribution in [0.15, 0.2) is 0 Å². The van der Waals surface area contributed by atoms with Crippen LogP contribution in [0.5, 0.6) is 0 Å². The third-order valence-electron chi connectivity index (χ3n) is 7.74. The molecular formula is C20H42N2O4Si2. The third-order valence-corrected chi connectivity index (χ3v) is 16.7. The highest BCUT2D eigenvalue weighted by atomic mass is 28.4. The van der Waals surface area contributed by atoms with Crippen LogP contribution in [0.2, 0.25) is 36.3 Å². The number of rotatable bonds is 7. The predicted octanol–water partition coefficient (Wildman–Crippen LogP) is 3.40. The van der Waals surface area contributed by atoms with Crippen molar-refractivity contribution in [2.75, 3.05) is 19.8 Å². The van der Waals surface area contributed by atoms with Crippen molar-refractivity contribution in [2.45, 2.75) is 109 Å². The Hall–Kier alpha value is 0.194. The second-order valence-electron chi connectivity index (χ2n) is 11.9. The lowest BCUT2D eigenvalue weighted by atomic mass is 10.2. The minimum absolute atomic E-state index is 0.0809. The van der Waals surface area contributed by atoms with Gasteiger partial charge in [0.05, 0.1) is 25.3 Å². The van der Waals surface area contributed by atoms with E-state index in [2.05, 4.69) is 77.5 Å².